The van der Waals surface area contributed by atoms with Gasteiger partial charge in [-0.15, -0.1) is 0 Å². The molecule has 1 aromatic heterocycles. The van der Waals surface area contributed by atoms with Gasteiger partial charge in [-0.05, 0) is 68.2 Å². The number of hydrogen-bond donors (Lipinski definition) is 1. The summed E-state index contributed by atoms with van der Waals surface area (Å²) in [6.07, 6.45) is 10.2. The molecule has 0 unspecified atom stereocenters. The molecule has 2 aromatic rings. The van der Waals surface area contributed by atoms with Crippen LogP contribution in [0.15, 0.2) is 30.4 Å². The van der Waals surface area contributed by atoms with E-state index in [9.17, 15) is 9.18 Å². The van der Waals surface area contributed by atoms with Gasteiger partial charge in [0, 0.05) is 24.0 Å². The minimum Gasteiger partial charge on any atom is -0.350 e. The van der Waals surface area contributed by atoms with E-state index < -0.39 is 0 Å². The van der Waals surface area contributed by atoms with Crippen molar-refractivity contribution in [2.45, 2.75) is 39.0 Å². The van der Waals surface area contributed by atoms with Gasteiger partial charge in [-0.1, -0.05) is 12.2 Å². The Kier molecular flexibility index (Phi) is 3.70. The highest BCUT2D eigenvalue weighted by molar-refractivity contribution is 5.98. The number of rotatable bonds is 1. The molecule has 4 rings (SSSR count). The van der Waals surface area contributed by atoms with Crippen molar-refractivity contribution in [3.63, 3.8) is 0 Å². The number of nitrogens with zero attached hydrogens (tertiary/aromatic N) is 1. The lowest BCUT2D eigenvalue weighted by atomic mass is 9.71. The number of H-pyrrole nitrogens is 1. The second-order valence-corrected chi connectivity index (χ2v) is 7.41. The zero-order valence-corrected chi connectivity index (χ0v) is 14.1. The second-order valence-electron chi connectivity index (χ2n) is 7.41. The summed E-state index contributed by atoms with van der Waals surface area (Å²) in [6, 6.07) is 4.84. The van der Waals surface area contributed by atoms with Crippen LogP contribution in [0.25, 0.3) is 10.9 Å². The molecule has 1 aromatic carbocycles. The first-order valence-electron chi connectivity index (χ1n) is 8.80. The van der Waals surface area contributed by atoms with E-state index in [0.717, 1.165) is 43.3 Å². The first kappa shape index (κ1) is 15.4. The normalized spacial score (nSPS) is 24.0. The number of allylic oxidation sites excluding steroid dienone is 2. The first-order valence-corrected chi connectivity index (χ1v) is 8.80. The third-order valence-electron chi connectivity index (χ3n) is 5.65. The molecule has 24 heavy (non-hydrogen) atoms. The molecule has 0 radical (unpaired) electrons. The van der Waals surface area contributed by atoms with E-state index >= 15 is 0 Å². The molecule has 0 bridgehead atoms. The van der Waals surface area contributed by atoms with E-state index in [1.54, 1.807) is 0 Å². The Hall–Kier alpha value is -2.10. The van der Waals surface area contributed by atoms with Gasteiger partial charge in [0.25, 0.3) is 5.91 Å². The highest BCUT2D eigenvalue weighted by Crippen LogP contribution is 2.41. The first-order chi connectivity index (χ1) is 11.6. The van der Waals surface area contributed by atoms with Crippen molar-refractivity contribution in [2.75, 3.05) is 13.1 Å². The molecule has 4 heteroatoms. The smallest absolute Gasteiger partial charge is 0.270 e. The van der Waals surface area contributed by atoms with E-state index in [1.165, 1.54) is 25.0 Å². The number of aromatic amines is 1. The standard InChI is InChI=1S/C20H23FN2O/c1-14-10-15(21)11-17-16(14)12-18(22-17)19(24)23-9-5-8-20(13-23)6-3-2-4-7-20/h2-3,10-12,22H,4-9,13H2,1H3/t20-/m1/s1. The maximum atomic E-state index is 13.6. The fourth-order valence-electron chi connectivity index (χ4n) is 4.36. The highest BCUT2D eigenvalue weighted by Gasteiger charge is 2.37. The number of amides is 1. The molecule has 0 saturated carbocycles. The van der Waals surface area contributed by atoms with Crippen molar-refractivity contribution in [3.05, 3.63) is 47.4 Å². The molecule has 1 aliphatic heterocycles. The van der Waals surface area contributed by atoms with Crippen LogP contribution in [-0.4, -0.2) is 28.9 Å². The number of piperidine rings is 1. The number of halogens is 1. The van der Waals surface area contributed by atoms with Crippen LogP contribution in [0.1, 0.15) is 48.2 Å². The summed E-state index contributed by atoms with van der Waals surface area (Å²) in [5, 5.41) is 0.923. The van der Waals surface area contributed by atoms with Crippen LogP contribution in [0.3, 0.4) is 0 Å². The Morgan fingerprint density at radius 3 is 2.92 bits per heavy atom. The van der Waals surface area contributed by atoms with Gasteiger partial charge in [-0.2, -0.15) is 0 Å². The highest BCUT2D eigenvalue weighted by atomic mass is 19.1. The zero-order chi connectivity index (χ0) is 16.7. The van der Waals surface area contributed by atoms with Crippen molar-refractivity contribution >= 4 is 16.8 Å². The maximum Gasteiger partial charge on any atom is 0.270 e. The summed E-state index contributed by atoms with van der Waals surface area (Å²) in [6.45, 7) is 3.52. The summed E-state index contributed by atoms with van der Waals surface area (Å²) in [4.78, 5) is 18.1. The fraction of sp³-hybridized carbons (Fsp3) is 0.450. The predicted molar refractivity (Wildman–Crippen MR) is 93.6 cm³/mol. The molecule has 1 atom stereocenters. The van der Waals surface area contributed by atoms with Crippen molar-refractivity contribution in [3.8, 4) is 0 Å². The van der Waals surface area contributed by atoms with Crippen molar-refractivity contribution in [2.24, 2.45) is 5.41 Å². The van der Waals surface area contributed by atoms with Gasteiger partial charge < -0.3 is 9.88 Å². The van der Waals surface area contributed by atoms with E-state index in [0.29, 0.717) is 11.2 Å². The summed E-state index contributed by atoms with van der Waals surface area (Å²) < 4.78 is 13.6. The molecule has 1 N–H and O–H groups in total. The molecule has 1 spiro atoms. The van der Waals surface area contributed by atoms with Crippen molar-refractivity contribution < 1.29 is 9.18 Å². The van der Waals surface area contributed by atoms with E-state index in [2.05, 4.69) is 17.1 Å². The average Bonchev–Trinajstić information content (AvgIpc) is 2.99. The molecule has 2 aliphatic rings. The molecule has 2 heterocycles. The number of carbonyl (C=O) groups is 1. The maximum absolute atomic E-state index is 13.6. The Bertz CT molecular complexity index is 822. The lowest BCUT2D eigenvalue weighted by Gasteiger charge is -2.43. The minimum absolute atomic E-state index is 0.0413. The molecule has 1 saturated heterocycles. The van der Waals surface area contributed by atoms with Gasteiger partial charge in [0.05, 0.1) is 0 Å². The summed E-state index contributed by atoms with van der Waals surface area (Å²) >= 11 is 0. The second kappa shape index (κ2) is 5.76. The van der Waals surface area contributed by atoms with Crippen LogP contribution in [0.4, 0.5) is 4.39 Å². The van der Waals surface area contributed by atoms with Crippen LogP contribution >= 0.6 is 0 Å². The number of benzene rings is 1. The van der Waals surface area contributed by atoms with Gasteiger partial charge in [0.15, 0.2) is 0 Å². The number of nitrogens with one attached hydrogen (secondary N) is 1. The molecular weight excluding hydrogens is 303 g/mol. The van der Waals surface area contributed by atoms with Crippen LogP contribution < -0.4 is 0 Å². The molecule has 1 aliphatic carbocycles. The van der Waals surface area contributed by atoms with Gasteiger partial charge in [0.1, 0.15) is 11.5 Å². The van der Waals surface area contributed by atoms with Gasteiger partial charge >= 0.3 is 0 Å². The van der Waals surface area contributed by atoms with E-state index in [-0.39, 0.29) is 17.1 Å². The van der Waals surface area contributed by atoms with Gasteiger partial charge in [-0.25, -0.2) is 4.39 Å². The SMILES string of the molecule is Cc1cc(F)cc2[nH]c(C(=O)N3CCC[C@]4(CC=CCC4)C3)cc12. The number of aryl methyl sites for hydroxylation is 1. The summed E-state index contributed by atoms with van der Waals surface area (Å²) in [5.74, 6) is -0.230. The molecule has 3 nitrogen and oxygen atoms in total. The van der Waals surface area contributed by atoms with Crippen molar-refractivity contribution in [1.82, 2.24) is 9.88 Å². The van der Waals surface area contributed by atoms with Crippen LogP contribution in [0, 0.1) is 18.2 Å². The number of fused-ring (bicyclic) bond motifs is 1. The van der Waals surface area contributed by atoms with Crippen LogP contribution in [-0.2, 0) is 0 Å². The largest absolute Gasteiger partial charge is 0.350 e. The fourth-order valence-corrected chi connectivity index (χ4v) is 4.36. The number of hydrogen-bond acceptors (Lipinski definition) is 1. The third kappa shape index (κ3) is 2.64. The number of likely N-dealkylation sites (tertiary alicyclic amines) is 1. The summed E-state index contributed by atoms with van der Waals surface area (Å²) in [5.41, 5.74) is 2.38. The Morgan fingerprint density at radius 1 is 1.25 bits per heavy atom. The minimum atomic E-state index is -0.272. The third-order valence-corrected chi connectivity index (χ3v) is 5.65. The predicted octanol–water partition coefficient (Wildman–Crippen LogP) is 4.58. The molecular formula is C20H23FN2O. The van der Waals surface area contributed by atoms with Crippen LogP contribution in [0.2, 0.25) is 0 Å². The summed E-state index contributed by atoms with van der Waals surface area (Å²) in [7, 11) is 0. The molecule has 126 valence electrons. The number of carbonyl (C=O) groups excluding carboxylic acids is 1. The van der Waals surface area contributed by atoms with Gasteiger partial charge in [0.2, 0.25) is 0 Å². The molecule has 1 amide bonds. The lowest BCUT2D eigenvalue weighted by molar-refractivity contribution is 0.0480. The Balaban J connectivity index is 1.61. The Morgan fingerprint density at radius 2 is 2.12 bits per heavy atom. The van der Waals surface area contributed by atoms with Crippen LogP contribution in [0.5, 0.6) is 0 Å². The number of aromatic nitrogens is 1. The zero-order valence-electron chi connectivity index (χ0n) is 14.1. The Labute approximate surface area is 141 Å². The lowest BCUT2D eigenvalue weighted by Crippen LogP contribution is -2.46. The van der Waals surface area contributed by atoms with E-state index in [1.807, 2.05) is 17.9 Å². The monoisotopic (exact) mass is 326 g/mol. The van der Waals surface area contributed by atoms with Gasteiger partial charge in [-0.3, -0.25) is 4.79 Å². The van der Waals surface area contributed by atoms with Crippen molar-refractivity contribution in [1.29, 1.82) is 0 Å². The quantitative estimate of drug-likeness (QED) is 0.765. The van der Waals surface area contributed by atoms with E-state index in [4.69, 9.17) is 0 Å². The topological polar surface area (TPSA) is 36.1 Å². The molecule has 1 fully saturated rings. The average molecular weight is 326 g/mol.